The first-order valence-electron chi connectivity index (χ1n) is 8.37. The summed E-state index contributed by atoms with van der Waals surface area (Å²) >= 11 is 0. The molecule has 2 aromatic rings. The van der Waals surface area contributed by atoms with Gasteiger partial charge < -0.3 is 25.0 Å². The topological polar surface area (TPSA) is 79.9 Å². The molecule has 0 spiro atoms. The van der Waals surface area contributed by atoms with Crippen LogP contribution in [0.4, 0.5) is 20.6 Å². The van der Waals surface area contributed by atoms with Crippen LogP contribution in [0.25, 0.3) is 0 Å². The van der Waals surface area contributed by atoms with Crippen LogP contribution >= 0.6 is 0 Å². The summed E-state index contributed by atoms with van der Waals surface area (Å²) in [6, 6.07) is 9.48. The number of amides is 3. The van der Waals surface area contributed by atoms with E-state index in [9.17, 15) is 14.0 Å². The van der Waals surface area contributed by atoms with E-state index in [0.717, 1.165) is 0 Å². The van der Waals surface area contributed by atoms with Crippen LogP contribution in [0, 0.1) is 5.82 Å². The van der Waals surface area contributed by atoms with E-state index in [0.29, 0.717) is 35.8 Å². The highest BCUT2D eigenvalue weighted by molar-refractivity contribution is 6.02. The van der Waals surface area contributed by atoms with Gasteiger partial charge in [0.1, 0.15) is 23.4 Å². The molecule has 8 heteroatoms. The van der Waals surface area contributed by atoms with E-state index in [4.69, 9.17) is 9.47 Å². The average molecular weight is 373 g/mol. The third kappa shape index (κ3) is 4.28. The standard InChI is InChI=1S/C19H20FN3O4/c1-26-15-9-13(10-16(11-15)27-2)21-19(25)22-17-7-8-23(18(17)24)14-5-3-12(20)4-6-14/h3-6,9-11,17H,7-8H2,1-2H3,(H2,21,22,25)/t17-/m0/s1. The van der Waals surface area contributed by atoms with Crippen molar-refractivity contribution in [3.8, 4) is 11.5 Å². The van der Waals surface area contributed by atoms with Crippen molar-refractivity contribution >= 4 is 23.3 Å². The van der Waals surface area contributed by atoms with E-state index in [1.807, 2.05) is 0 Å². The lowest BCUT2D eigenvalue weighted by Gasteiger charge is -2.17. The average Bonchev–Trinajstić information content (AvgIpc) is 3.02. The lowest BCUT2D eigenvalue weighted by atomic mass is 10.2. The molecule has 0 aliphatic carbocycles. The Hall–Kier alpha value is -3.29. The second kappa shape index (κ2) is 7.94. The number of carbonyl (C=O) groups is 2. The van der Waals surface area contributed by atoms with Crippen LogP contribution < -0.4 is 25.0 Å². The predicted octanol–water partition coefficient (Wildman–Crippen LogP) is 2.77. The number of nitrogens with one attached hydrogen (secondary N) is 2. The fourth-order valence-corrected chi connectivity index (χ4v) is 2.90. The number of hydrogen-bond acceptors (Lipinski definition) is 4. The SMILES string of the molecule is COc1cc(NC(=O)N[C@H]2CCN(c3ccc(F)cc3)C2=O)cc(OC)c1. The second-order valence-corrected chi connectivity index (χ2v) is 6.01. The molecule has 0 unspecified atom stereocenters. The highest BCUT2D eigenvalue weighted by atomic mass is 19.1. The predicted molar refractivity (Wildman–Crippen MR) is 98.9 cm³/mol. The largest absolute Gasteiger partial charge is 0.497 e. The van der Waals surface area contributed by atoms with Crippen molar-refractivity contribution < 1.29 is 23.5 Å². The molecule has 0 aromatic heterocycles. The minimum Gasteiger partial charge on any atom is -0.497 e. The summed E-state index contributed by atoms with van der Waals surface area (Å²) < 4.78 is 23.4. The first-order chi connectivity index (χ1) is 13.0. The molecule has 1 fully saturated rings. The van der Waals surface area contributed by atoms with Gasteiger partial charge in [0.05, 0.1) is 14.2 Å². The van der Waals surface area contributed by atoms with Crippen LogP contribution in [0.1, 0.15) is 6.42 Å². The van der Waals surface area contributed by atoms with Gasteiger partial charge in [-0.3, -0.25) is 4.79 Å². The van der Waals surface area contributed by atoms with Crippen LogP contribution in [0.2, 0.25) is 0 Å². The maximum Gasteiger partial charge on any atom is 0.319 e. The lowest BCUT2D eigenvalue weighted by molar-refractivity contribution is -0.118. The Morgan fingerprint density at radius 2 is 1.74 bits per heavy atom. The minimum absolute atomic E-state index is 0.236. The third-order valence-corrected chi connectivity index (χ3v) is 4.26. The van der Waals surface area contributed by atoms with Gasteiger partial charge in [-0.05, 0) is 30.7 Å². The van der Waals surface area contributed by atoms with Crippen molar-refractivity contribution in [3.05, 3.63) is 48.3 Å². The van der Waals surface area contributed by atoms with Crippen LogP contribution in [-0.4, -0.2) is 38.7 Å². The van der Waals surface area contributed by atoms with E-state index in [1.165, 1.54) is 43.4 Å². The van der Waals surface area contributed by atoms with Crippen LogP contribution in [0.5, 0.6) is 11.5 Å². The maximum atomic E-state index is 13.0. The maximum absolute atomic E-state index is 13.0. The summed E-state index contributed by atoms with van der Waals surface area (Å²) in [6.45, 7) is 0.447. The molecule has 3 rings (SSSR count). The van der Waals surface area contributed by atoms with Crippen molar-refractivity contribution in [2.75, 3.05) is 31.0 Å². The molecular weight excluding hydrogens is 353 g/mol. The molecule has 3 amide bonds. The van der Waals surface area contributed by atoms with Gasteiger partial charge in [0.25, 0.3) is 0 Å². The molecule has 2 aromatic carbocycles. The molecule has 1 heterocycles. The van der Waals surface area contributed by atoms with Crippen molar-refractivity contribution in [1.29, 1.82) is 0 Å². The number of hydrogen-bond donors (Lipinski definition) is 2. The van der Waals surface area contributed by atoms with Crippen LogP contribution in [0.3, 0.4) is 0 Å². The van der Waals surface area contributed by atoms with Gasteiger partial charge in [0.15, 0.2) is 0 Å². The van der Waals surface area contributed by atoms with Crippen molar-refractivity contribution in [2.45, 2.75) is 12.5 Å². The first-order valence-corrected chi connectivity index (χ1v) is 8.37. The molecule has 0 radical (unpaired) electrons. The molecule has 1 aliphatic rings. The number of nitrogens with zero attached hydrogens (tertiary/aromatic N) is 1. The number of anilines is 2. The monoisotopic (exact) mass is 373 g/mol. The van der Waals surface area contributed by atoms with E-state index >= 15 is 0 Å². The Bertz CT molecular complexity index is 819. The summed E-state index contributed by atoms with van der Waals surface area (Å²) in [5, 5.41) is 5.34. The Kier molecular flexibility index (Phi) is 5.44. The summed E-state index contributed by atoms with van der Waals surface area (Å²) in [5.74, 6) is 0.460. The summed E-state index contributed by atoms with van der Waals surface area (Å²) in [5.41, 5.74) is 1.08. The van der Waals surface area contributed by atoms with Crippen LogP contribution in [0.15, 0.2) is 42.5 Å². The smallest absolute Gasteiger partial charge is 0.319 e. The van der Waals surface area contributed by atoms with Crippen molar-refractivity contribution in [1.82, 2.24) is 5.32 Å². The van der Waals surface area contributed by atoms with Crippen molar-refractivity contribution in [3.63, 3.8) is 0 Å². The molecule has 27 heavy (non-hydrogen) atoms. The number of halogens is 1. The van der Waals surface area contributed by atoms with Crippen molar-refractivity contribution in [2.24, 2.45) is 0 Å². The van der Waals surface area contributed by atoms with Gasteiger partial charge in [0, 0.05) is 36.1 Å². The van der Waals surface area contributed by atoms with Gasteiger partial charge in [-0.25, -0.2) is 9.18 Å². The highest BCUT2D eigenvalue weighted by Crippen LogP contribution is 2.26. The molecular formula is C19H20FN3O4. The van der Waals surface area contributed by atoms with E-state index in [2.05, 4.69) is 10.6 Å². The minimum atomic E-state index is -0.650. The molecule has 7 nitrogen and oxygen atoms in total. The summed E-state index contributed by atoms with van der Waals surface area (Å²) in [4.78, 5) is 26.3. The Balaban J connectivity index is 1.63. The quantitative estimate of drug-likeness (QED) is 0.845. The van der Waals surface area contributed by atoms with E-state index in [-0.39, 0.29) is 11.7 Å². The molecule has 0 saturated carbocycles. The Morgan fingerprint density at radius 3 is 2.33 bits per heavy atom. The number of methoxy groups -OCH3 is 2. The molecule has 0 bridgehead atoms. The Morgan fingerprint density at radius 1 is 1.11 bits per heavy atom. The van der Waals surface area contributed by atoms with Gasteiger partial charge in [-0.1, -0.05) is 0 Å². The number of urea groups is 1. The zero-order valence-electron chi connectivity index (χ0n) is 15.0. The lowest BCUT2D eigenvalue weighted by Crippen LogP contribution is -2.43. The second-order valence-electron chi connectivity index (χ2n) is 6.01. The van der Waals surface area contributed by atoms with Gasteiger partial charge in [0.2, 0.25) is 5.91 Å². The highest BCUT2D eigenvalue weighted by Gasteiger charge is 2.33. The first kappa shape index (κ1) is 18.5. The van der Waals surface area contributed by atoms with Gasteiger partial charge >= 0.3 is 6.03 Å². The molecule has 1 saturated heterocycles. The zero-order valence-corrected chi connectivity index (χ0v) is 15.0. The summed E-state index contributed by atoms with van der Waals surface area (Å²) in [6.07, 6.45) is 0.463. The fourth-order valence-electron chi connectivity index (χ4n) is 2.90. The number of ether oxygens (including phenoxy) is 2. The molecule has 142 valence electrons. The Labute approximate surface area is 156 Å². The van der Waals surface area contributed by atoms with E-state index < -0.39 is 12.1 Å². The number of carbonyl (C=O) groups excluding carboxylic acids is 2. The number of benzene rings is 2. The number of rotatable bonds is 5. The van der Waals surface area contributed by atoms with Gasteiger partial charge in [-0.2, -0.15) is 0 Å². The molecule has 1 atom stereocenters. The van der Waals surface area contributed by atoms with Gasteiger partial charge in [-0.15, -0.1) is 0 Å². The summed E-state index contributed by atoms with van der Waals surface area (Å²) in [7, 11) is 3.03. The molecule has 2 N–H and O–H groups in total. The molecule has 1 aliphatic heterocycles. The van der Waals surface area contributed by atoms with Crippen LogP contribution in [-0.2, 0) is 4.79 Å². The zero-order chi connectivity index (χ0) is 19.4. The fraction of sp³-hybridized carbons (Fsp3) is 0.263. The normalized spacial score (nSPS) is 16.2. The van der Waals surface area contributed by atoms with E-state index in [1.54, 1.807) is 18.2 Å². The third-order valence-electron chi connectivity index (χ3n) is 4.26.